The fourth-order valence-corrected chi connectivity index (χ4v) is 1.98. The van der Waals surface area contributed by atoms with E-state index < -0.39 is 0 Å². The van der Waals surface area contributed by atoms with Crippen molar-refractivity contribution in [1.29, 1.82) is 0 Å². The van der Waals surface area contributed by atoms with E-state index >= 15 is 0 Å². The van der Waals surface area contributed by atoms with Crippen molar-refractivity contribution in [3.8, 4) is 0 Å². The van der Waals surface area contributed by atoms with E-state index in [0.717, 1.165) is 26.0 Å². The minimum atomic E-state index is 0.262. The highest BCUT2D eigenvalue weighted by Gasteiger charge is 2.19. The molecule has 2 rings (SSSR count). The zero-order valence-corrected chi connectivity index (χ0v) is 9.94. The molecule has 0 radical (unpaired) electrons. The number of nitrogens with two attached hydrogens (primary N) is 1. The van der Waals surface area contributed by atoms with Crippen LogP contribution in [0.15, 0.2) is 6.33 Å². The summed E-state index contributed by atoms with van der Waals surface area (Å²) in [5, 5.41) is 0.296. The molecule has 1 aliphatic rings. The van der Waals surface area contributed by atoms with Crippen molar-refractivity contribution in [3.05, 3.63) is 11.5 Å². The third kappa shape index (κ3) is 2.36. The summed E-state index contributed by atoms with van der Waals surface area (Å²) in [7, 11) is 1.93. The molecule has 88 valence electrons. The topological polar surface area (TPSA) is 64.3 Å². The molecule has 0 spiro atoms. The van der Waals surface area contributed by atoms with Gasteiger partial charge in [-0.15, -0.1) is 0 Å². The lowest BCUT2D eigenvalue weighted by Crippen LogP contribution is -2.29. The standard InChI is InChI=1S/C10H15ClN4O/c1-15(5-7-3-2-4-16-7)10-8(12)9(11)13-6-14-10/h6-7H,2-5,12H2,1H3. The van der Waals surface area contributed by atoms with Gasteiger partial charge in [0, 0.05) is 20.2 Å². The fourth-order valence-electron chi connectivity index (χ4n) is 1.85. The zero-order valence-electron chi connectivity index (χ0n) is 9.19. The van der Waals surface area contributed by atoms with E-state index in [-0.39, 0.29) is 6.10 Å². The summed E-state index contributed by atoms with van der Waals surface area (Å²) >= 11 is 5.84. The van der Waals surface area contributed by atoms with Crippen LogP contribution in [0.2, 0.25) is 5.15 Å². The molecule has 2 N–H and O–H groups in total. The third-order valence-corrected chi connectivity index (χ3v) is 2.98. The zero-order chi connectivity index (χ0) is 11.5. The largest absolute Gasteiger partial charge is 0.393 e. The number of ether oxygens (including phenoxy) is 1. The highest BCUT2D eigenvalue weighted by Crippen LogP contribution is 2.25. The second-order valence-electron chi connectivity index (χ2n) is 3.92. The van der Waals surface area contributed by atoms with Crippen molar-refractivity contribution in [3.63, 3.8) is 0 Å². The lowest BCUT2D eigenvalue weighted by Gasteiger charge is -2.22. The van der Waals surface area contributed by atoms with Crippen LogP contribution < -0.4 is 10.6 Å². The van der Waals surface area contributed by atoms with Crippen LogP contribution in [0.3, 0.4) is 0 Å². The molecule has 0 aromatic carbocycles. The average molecular weight is 243 g/mol. The van der Waals surface area contributed by atoms with Gasteiger partial charge >= 0.3 is 0 Å². The van der Waals surface area contributed by atoms with Crippen molar-refractivity contribution in [1.82, 2.24) is 9.97 Å². The average Bonchev–Trinajstić information content (AvgIpc) is 2.74. The number of hydrogen-bond acceptors (Lipinski definition) is 5. The molecular formula is C10H15ClN4O. The van der Waals surface area contributed by atoms with Crippen molar-refractivity contribution in [2.75, 3.05) is 30.8 Å². The number of anilines is 2. The number of hydrogen-bond donors (Lipinski definition) is 1. The predicted octanol–water partition coefficient (Wildman–Crippen LogP) is 1.33. The number of rotatable bonds is 3. The van der Waals surface area contributed by atoms with Crippen LogP contribution in [0.4, 0.5) is 11.5 Å². The van der Waals surface area contributed by atoms with Crippen LogP contribution >= 0.6 is 11.6 Å². The van der Waals surface area contributed by atoms with E-state index in [4.69, 9.17) is 22.1 Å². The molecule has 1 aromatic rings. The minimum Gasteiger partial charge on any atom is -0.393 e. The van der Waals surface area contributed by atoms with Gasteiger partial charge in [0.2, 0.25) is 0 Å². The Morgan fingerprint density at radius 1 is 1.62 bits per heavy atom. The van der Waals surface area contributed by atoms with Crippen LogP contribution in [0.25, 0.3) is 0 Å². The Bertz CT molecular complexity index is 368. The van der Waals surface area contributed by atoms with Gasteiger partial charge in [0.15, 0.2) is 11.0 Å². The second kappa shape index (κ2) is 4.84. The van der Waals surface area contributed by atoms with Gasteiger partial charge in [-0.3, -0.25) is 0 Å². The summed E-state index contributed by atoms with van der Waals surface area (Å²) in [5.41, 5.74) is 6.24. The number of nitrogen functional groups attached to an aromatic ring is 1. The summed E-state index contributed by atoms with van der Waals surface area (Å²) in [6.07, 6.45) is 3.89. The summed E-state index contributed by atoms with van der Waals surface area (Å²) in [6.45, 7) is 1.62. The van der Waals surface area contributed by atoms with Crippen molar-refractivity contribution in [2.45, 2.75) is 18.9 Å². The monoisotopic (exact) mass is 242 g/mol. The van der Waals surface area contributed by atoms with Gasteiger partial charge in [-0.2, -0.15) is 0 Å². The first-order chi connectivity index (χ1) is 7.68. The van der Waals surface area contributed by atoms with Crippen LogP contribution in [-0.4, -0.2) is 36.3 Å². The van der Waals surface area contributed by atoms with Gasteiger partial charge < -0.3 is 15.4 Å². The SMILES string of the molecule is CN(CC1CCCO1)c1ncnc(Cl)c1N. The molecule has 0 saturated carbocycles. The molecule has 2 heterocycles. The minimum absolute atomic E-state index is 0.262. The smallest absolute Gasteiger partial charge is 0.157 e. The van der Waals surface area contributed by atoms with Crippen LogP contribution in [-0.2, 0) is 4.74 Å². The highest BCUT2D eigenvalue weighted by atomic mass is 35.5. The molecule has 0 amide bonds. The third-order valence-electron chi connectivity index (χ3n) is 2.68. The summed E-state index contributed by atoms with van der Waals surface area (Å²) in [4.78, 5) is 9.91. The first kappa shape index (κ1) is 11.4. The Labute approximate surface area is 99.6 Å². The first-order valence-electron chi connectivity index (χ1n) is 5.27. The molecule has 1 aliphatic heterocycles. The maximum absolute atomic E-state index is 5.84. The Hall–Kier alpha value is -1.07. The van der Waals surface area contributed by atoms with Crippen LogP contribution in [0.5, 0.6) is 0 Å². The Balaban J connectivity index is 2.07. The van der Waals surface area contributed by atoms with Gasteiger partial charge in [0.25, 0.3) is 0 Å². The molecule has 0 bridgehead atoms. The van der Waals surface area contributed by atoms with Gasteiger partial charge in [-0.25, -0.2) is 9.97 Å². The van der Waals surface area contributed by atoms with E-state index in [1.54, 1.807) is 0 Å². The number of halogens is 1. The first-order valence-corrected chi connectivity index (χ1v) is 5.65. The maximum Gasteiger partial charge on any atom is 0.157 e. The lowest BCUT2D eigenvalue weighted by atomic mass is 10.2. The molecule has 1 aromatic heterocycles. The number of likely N-dealkylation sites (N-methyl/N-ethyl adjacent to an activating group) is 1. The normalized spacial score (nSPS) is 20.0. The molecule has 1 unspecified atom stereocenters. The van der Waals surface area contributed by atoms with E-state index in [9.17, 15) is 0 Å². The van der Waals surface area contributed by atoms with E-state index in [1.807, 2.05) is 11.9 Å². The summed E-state index contributed by atoms with van der Waals surface area (Å²) < 4.78 is 5.56. The molecule has 1 fully saturated rings. The van der Waals surface area contributed by atoms with Gasteiger partial charge in [0.05, 0.1) is 6.10 Å². The molecule has 5 nitrogen and oxygen atoms in total. The van der Waals surface area contributed by atoms with Gasteiger partial charge in [0.1, 0.15) is 12.0 Å². The molecule has 1 saturated heterocycles. The number of aromatic nitrogens is 2. The van der Waals surface area contributed by atoms with E-state index in [2.05, 4.69) is 9.97 Å². The van der Waals surface area contributed by atoms with Crippen molar-refractivity contribution < 1.29 is 4.74 Å². The fraction of sp³-hybridized carbons (Fsp3) is 0.600. The van der Waals surface area contributed by atoms with Crippen molar-refractivity contribution in [2.24, 2.45) is 0 Å². The van der Waals surface area contributed by atoms with Crippen LogP contribution in [0.1, 0.15) is 12.8 Å². The maximum atomic E-state index is 5.84. The van der Waals surface area contributed by atoms with E-state index in [0.29, 0.717) is 16.7 Å². The molecular weight excluding hydrogens is 228 g/mol. The molecule has 6 heteroatoms. The van der Waals surface area contributed by atoms with Gasteiger partial charge in [-0.1, -0.05) is 11.6 Å². The number of nitrogens with zero attached hydrogens (tertiary/aromatic N) is 3. The molecule has 1 atom stereocenters. The lowest BCUT2D eigenvalue weighted by molar-refractivity contribution is 0.116. The molecule has 16 heavy (non-hydrogen) atoms. The second-order valence-corrected chi connectivity index (χ2v) is 4.28. The Morgan fingerprint density at radius 2 is 2.44 bits per heavy atom. The van der Waals surface area contributed by atoms with Gasteiger partial charge in [-0.05, 0) is 12.8 Å². The van der Waals surface area contributed by atoms with Crippen LogP contribution in [0, 0.1) is 0 Å². The van der Waals surface area contributed by atoms with Crippen molar-refractivity contribution >= 4 is 23.1 Å². The molecule has 0 aliphatic carbocycles. The van der Waals surface area contributed by atoms with E-state index in [1.165, 1.54) is 6.33 Å². The summed E-state index contributed by atoms with van der Waals surface area (Å²) in [6, 6.07) is 0. The summed E-state index contributed by atoms with van der Waals surface area (Å²) in [5.74, 6) is 0.663. The highest BCUT2D eigenvalue weighted by molar-refractivity contribution is 6.32. The quantitative estimate of drug-likeness (QED) is 0.810. The predicted molar refractivity (Wildman–Crippen MR) is 63.7 cm³/mol. The Morgan fingerprint density at radius 3 is 3.12 bits per heavy atom. The Kier molecular flexibility index (Phi) is 3.46.